The van der Waals surface area contributed by atoms with Crippen LogP contribution >= 0.6 is 12.6 Å². The number of halogens is 3. The highest BCUT2D eigenvalue weighted by Gasteiger charge is 2.44. The summed E-state index contributed by atoms with van der Waals surface area (Å²) < 4.78 is 63.2. The molecule has 0 aliphatic carbocycles. The fraction of sp³-hybridized carbons (Fsp3) is 0.529. The van der Waals surface area contributed by atoms with Gasteiger partial charge in [-0.25, -0.2) is 13.2 Å². The average molecular weight is 489 g/mol. The van der Waals surface area contributed by atoms with E-state index in [0.717, 1.165) is 0 Å². The molecule has 1 aliphatic rings. The Morgan fingerprint density at radius 3 is 2.00 bits per heavy atom. The van der Waals surface area contributed by atoms with Crippen LogP contribution in [-0.4, -0.2) is 79.7 Å². The standard InChI is InChI=1S/C15H22N2O5S2.C2HF3O2/c1-17-9-7-15(23,8-10-17)13(14(18)19)16-24(20,21)12-5-3-11(22-2)4-6-12;3-2(4,5)1(6)7/h3-6,13,16,23H,7-10H2,1-2H3,(H,18,19);(H,6,7)/t13-;/m1./s1. The number of carboxylic acid groups (broad SMARTS) is 2. The number of sulfonamides is 1. The fourth-order valence-corrected chi connectivity index (χ4v) is 4.39. The van der Waals surface area contributed by atoms with E-state index in [-0.39, 0.29) is 4.90 Å². The minimum absolute atomic E-state index is 0.0144. The first-order valence-corrected chi connectivity index (χ1v) is 10.7. The number of alkyl halides is 3. The maximum atomic E-state index is 12.5. The van der Waals surface area contributed by atoms with Gasteiger partial charge in [-0.3, -0.25) is 4.79 Å². The van der Waals surface area contributed by atoms with E-state index in [0.29, 0.717) is 31.7 Å². The highest BCUT2D eigenvalue weighted by Crippen LogP contribution is 2.33. The molecule has 31 heavy (non-hydrogen) atoms. The lowest BCUT2D eigenvalue weighted by Crippen LogP contribution is -2.57. The maximum absolute atomic E-state index is 12.5. The van der Waals surface area contributed by atoms with Gasteiger partial charge in [0.2, 0.25) is 10.0 Å². The summed E-state index contributed by atoms with van der Waals surface area (Å²) in [5.41, 5.74) is 0. The molecule has 0 radical (unpaired) electrons. The predicted molar refractivity (Wildman–Crippen MR) is 107 cm³/mol. The second-order valence-corrected chi connectivity index (χ2v) is 9.38. The molecule has 1 aromatic carbocycles. The van der Waals surface area contributed by atoms with Gasteiger partial charge in [0.25, 0.3) is 0 Å². The molecule has 9 nitrogen and oxygen atoms in total. The monoisotopic (exact) mass is 488 g/mol. The number of thiol groups is 1. The molecule has 1 aliphatic heterocycles. The SMILES string of the molecule is COc1ccc(S(=O)(=O)N[C@H](C(=O)O)C2(S)CCN(C)CC2)cc1.O=C(O)C(F)(F)F. The molecule has 0 bridgehead atoms. The van der Waals surface area contributed by atoms with E-state index in [4.69, 9.17) is 14.6 Å². The number of rotatable bonds is 6. The highest BCUT2D eigenvalue weighted by molar-refractivity contribution is 7.89. The number of benzene rings is 1. The minimum Gasteiger partial charge on any atom is -0.497 e. The van der Waals surface area contributed by atoms with Crippen molar-refractivity contribution in [1.82, 2.24) is 9.62 Å². The van der Waals surface area contributed by atoms with Gasteiger partial charge in [-0.15, -0.1) is 0 Å². The number of carbonyl (C=O) groups is 2. The van der Waals surface area contributed by atoms with Gasteiger partial charge in [0.15, 0.2) is 0 Å². The van der Waals surface area contributed by atoms with Crippen molar-refractivity contribution >= 4 is 34.6 Å². The van der Waals surface area contributed by atoms with Crippen molar-refractivity contribution in [2.75, 3.05) is 27.2 Å². The van der Waals surface area contributed by atoms with Gasteiger partial charge >= 0.3 is 18.1 Å². The number of hydrogen-bond donors (Lipinski definition) is 4. The molecule has 14 heteroatoms. The zero-order chi connectivity index (χ0) is 24.0. The van der Waals surface area contributed by atoms with E-state index in [9.17, 15) is 31.5 Å². The first-order chi connectivity index (χ1) is 14.1. The minimum atomic E-state index is -5.08. The lowest BCUT2D eigenvalue weighted by atomic mass is 9.89. The first-order valence-electron chi connectivity index (χ1n) is 8.72. The van der Waals surface area contributed by atoms with Crippen LogP contribution in [0.5, 0.6) is 5.75 Å². The molecule has 0 spiro atoms. The molecule has 1 saturated heterocycles. The first kappa shape index (κ1) is 27.0. The number of ether oxygens (including phenoxy) is 1. The molecule has 176 valence electrons. The van der Waals surface area contributed by atoms with Gasteiger partial charge < -0.3 is 19.8 Å². The maximum Gasteiger partial charge on any atom is 0.490 e. The van der Waals surface area contributed by atoms with Crippen LogP contribution in [0.3, 0.4) is 0 Å². The molecule has 0 saturated carbocycles. The molecule has 1 heterocycles. The lowest BCUT2D eigenvalue weighted by Gasteiger charge is -2.40. The second-order valence-electron chi connectivity index (χ2n) is 6.78. The van der Waals surface area contributed by atoms with Crippen molar-refractivity contribution in [2.45, 2.75) is 34.7 Å². The average Bonchev–Trinajstić information content (AvgIpc) is 2.68. The summed E-state index contributed by atoms with van der Waals surface area (Å²) >= 11 is 4.53. The quantitative estimate of drug-likeness (QED) is 0.443. The number of carboxylic acids is 2. The molecule has 1 atom stereocenters. The molecule has 0 unspecified atom stereocenters. The predicted octanol–water partition coefficient (Wildman–Crippen LogP) is 1.45. The van der Waals surface area contributed by atoms with Crippen LogP contribution in [0.2, 0.25) is 0 Å². The Bertz CT molecular complexity index is 869. The van der Waals surface area contributed by atoms with Gasteiger partial charge in [0.05, 0.1) is 12.0 Å². The number of nitrogens with zero attached hydrogens (tertiary/aromatic N) is 1. The molecule has 0 amide bonds. The second kappa shape index (κ2) is 10.5. The van der Waals surface area contributed by atoms with Gasteiger partial charge in [0.1, 0.15) is 11.8 Å². The van der Waals surface area contributed by atoms with E-state index < -0.39 is 38.9 Å². The van der Waals surface area contributed by atoms with Crippen molar-refractivity contribution < 1.29 is 46.1 Å². The molecule has 3 N–H and O–H groups in total. The summed E-state index contributed by atoms with van der Waals surface area (Å²) in [4.78, 5) is 22.6. The Labute approximate surface area is 182 Å². The number of aliphatic carboxylic acids is 2. The van der Waals surface area contributed by atoms with Gasteiger partial charge in [-0.1, -0.05) is 0 Å². The Balaban J connectivity index is 0.000000592. The Morgan fingerprint density at radius 1 is 1.19 bits per heavy atom. The summed E-state index contributed by atoms with van der Waals surface area (Å²) in [6.45, 7) is 1.33. The van der Waals surface area contributed by atoms with Gasteiger partial charge in [0, 0.05) is 4.75 Å². The van der Waals surface area contributed by atoms with Crippen LogP contribution in [-0.2, 0) is 19.6 Å². The van der Waals surface area contributed by atoms with Crippen LogP contribution < -0.4 is 9.46 Å². The van der Waals surface area contributed by atoms with Crippen molar-refractivity contribution in [3.05, 3.63) is 24.3 Å². The van der Waals surface area contributed by atoms with E-state index >= 15 is 0 Å². The van der Waals surface area contributed by atoms with Crippen LogP contribution in [0.15, 0.2) is 29.2 Å². The smallest absolute Gasteiger partial charge is 0.490 e. The molecule has 1 fully saturated rings. The molecule has 1 aromatic rings. The molecular weight excluding hydrogens is 465 g/mol. The number of nitrogens with one attached hydrogen (secondary N) is 1. The third kappa shape index (κ3) is 7.87. The van der Waals surface area contributed by atoms with Gasteiger partial charge in [-0.2, -0.15) is 30.5 Å². The topological polar surface area (TPSA) is 133 Å². The Kier molecular flexibility index (Phi) is 9.17. The summed E-state index contributed by atoms with van der Waals surface area (Å²) in [5.74, 6) is -3.47. The normalized spacial score (nSPS) is 17.7. The summed E-state index contributed by atoms with van der Waals surface area (Å²) in [7, 11) is -0.565. The van der Waals surface area contributed by atoms with E-state index in [2.05, 4.69) is 22.3 Å². The highest BCUT2D eigenvalue weighted by atomic mass is 32.2. The van der Waals surface area contributed by atoms with E-state index in [1.165, 1.54) is 31.4 Å². The fourth-order valence-electron chi connectivity index (χ4n) is 2.66. The third-order valence-electron chi connectivity index (χ3n) is 4.52. The summed E-state index contributed by atoms with van der Waals surface area (Å²) in [6, 6.07) is 4.47. The van der Waals surface area contributed by atoms with Crippen LogP contribution in [0.1, 0.15) is 12.8 Å². The van der Waals surface area contributed by atoms with Crippen molar-refractivity contribution in [2.24, 2.45) is 0 Å². The van der Waals surface area contributed by atoms with Crippen molar-refractivity contribution in [1.29, 1.82) is 0 Å². The molecule has 2 rings (SSSR count). The molecular formula is C17H23F3N2O7S2. The Hall–Kier alpha value is -2.03. The summed E-state index contributed by atoms with van der Waals surface area (Å²) in [6.07, 6.45) is -4.12. The zero-order valence-corrected chi connectivity index (χ0v) is 18.3. The van der Waals surface area contributed by atoms with Crippen molar-refractivity contribution in [3.8, 4) is 5.75 Å². The largest absolute Gasteiger partial charge is 0.497 e. The van der Waals surface area contributed by atoms with Crippen LogP contribution in [0.25, 0.3) is 0 Å². The molecule has 0 aromatic heterocycles. The zero-order valence-electron chi connectivity index (χ0n) is 16.6. The van der Waals surface area contributed by atoms with E-state index in [1.807, 2.05) is 7.05 Å². The summed E-state index contributed by atoms with van der Waals surface area (Å²) in [5, 5.41) is 16.7. The Morgan fingerprint density at radius 2 is 1.65 bits per heavy atom. The lowest BCUT2D eigenvalue weighted by molar-refractivity contribution is -0.192. The number of likely N-dealkylation sites (tertiary alicyclic amines) is 1. The van der Waals surface area contributed by atoms with Crippen LogP contribution in [0, 0.1) is 0 Å². The number of methoxy groups -OCH3 is 1. The third-order valence-corrected chi connectivity index (χ3v) is 6.67. The number of hydrogen-bond acceptors (Lipinski definition) is 7. The van der Waals surface area contributed by atoms with E-state index in [1.54, 1.807) is 0 Å². The number of piperidine rings is 1. The van der Waals surface area contributed by atoms with Crippen LogP contribution in [0.4, 0.5) is 13.2 Å². The van der Waals surface area contributed by atoms with Crippen molar-refractivity contribution in [3.63, 3.8) is 0 Å². The van der Waals surface area contributed by atoms with Gasteiger partial charge in [-0.05, 0) is 57.2 Å².